The molecule has 3 rings (SSSR count). The molecule has 6 heteroatoms. The van der Waals surface area contributed by atoms with E-state index >= 15 is 0 Å². The van der Waals surface area contributed by atoms with Gasteiger partial charge in [0, 0.05) is 51.1 Å². The zero-order chi connectivity index (χ0) is 16.4. The largest absolute Gasteiger partial charge is 0.366 e. The zero-order valence-corrected chi connectivity index (χ0v) is 14.3. The molecule has 0 saturated carbocycles. The van der Waals surface area contributed by atoms with E-state index in [1.54, 1.807) is 0 Å². The molecular formula is C17H29N3O3. The molecule has 3 saturated heterocycles. The number of hydrogen-bond donors (Lipinski definition) is 1. The minimum atomic E-state index is -0.333. The summed E-state index contributed by atoms with van der Waals surface area (Å²) in [6, 6.07) is 0. The number of rotatable bonds is 3. The first kappa shape index (κ1) is 16.7. The Kier molecular flexibility index (Phi) is 4.92. The van der Waals surface area contributed by atoms with E-state index in [-0.39, 0.29) is 17.4 Å². The van der Waals surface area contributed by atoms with E-state index in [1.165, 1.54) is 0 Å². The number of likely N-dealkylation sites (tertiary alicyclic amines) is 2. The molecule has 0 aromatic heterocycles. The molecule has 23 heavy (non-hydrogen) atoms. The van der Waals surface area contributed by atoms with E-state index in [1.807, 2.05) is 9.80 Å². The Labute approximate surface area is 138 Å². The smallest absolute Gasteiger partial charge is 0.253 e. The van der Waals surface area contributed by atoms with Gasteiger partial charge in [0.1, 0.15) is 6.10 Å². The summed E-state index contributed by atoms with van der Waals surface area (Å²) in [5, 5.41) is 3.21. The van der Waals surface area contributed by atoms with Crippen molar-refractivity contribution in [2.45, 2.75) is 39.2 Å². The minimum Gasteiger partial charge on any atom is -0.366 e. The SMILES string of the molecule is CC(C)CN1CC2(CCN(C(=O)[C@H]3CNCCO3)CC2)CC1=O. The topological polar surface area (TPSA) is 61.9 Å². The van der Waals surface area contributed by atoms with Gasteiger partial charge in [-0.05, 0) is 18.8 Å². The van der Waals surface area contributed by atoms with Gasteiger partial charge in [-0.3, -0.25) is 9.59 Å². The maximum atomic E-state index is 12.5. The molecule has 0 aliphatic carbocycles. The van der Waals surface area contributed by atoms with Gasteiger partial charge in [0.2, 0.25) is 5.91 Å². The Morgan fingerprint density at radius 3 is 2.74 bits per heavy atom. The molecule has 3 aliphatic heterocycles. The second kappa shape index (κ2) is 6.77. The highest BCUT2D eigenvalue weighted by atomic mass is 16.5. The second-order valence-electron chi connectivity index (χ2n) is 7.73. The first-order valence-electron chi connectivity index (χ1n) is 8.88. The molecule has 2 amide bonds. The van der Waals surface area contributed by atoms with Crippen LogP contribution >= 0.6 is 0 Å². The summed E-state index contributed by atoms with van der Waals surface area (Å²) in [5.41, 5.74) is 0.0917. The van der Waals surface area contributed by atoms with Gasteiger partial charge in [-0.2, -0.15) is 0 Å². The fourth-order valence-corrected chi connectivity index (χ4v) is 4.05. The molecule has 0 unspecified atom stereocenters. The maximum Gasteiger partial charge on any atom is 0.253 e. The molecule has 1 N–H and O–H groups in total. The van der Waals surface area contributed by atoms with Crippen LogP contribution in [-0.2, 0) is 14.3 Å². The highest BCUT2D eigenvalue weighted by Crippen LogP contribution is 2.41. The average molecular weight is 323 g/mol. The lowest BCUT2D eigenvalue weighted by molar-refractivity contribution is -0.147. The molecule has 3 fully saturated rings. The van der Waals surface area contributed by atoms with Gasteiger partial charge in [0.15, 0.2) is 0 Å². The van der Waals surface area contributed by atoms with Crippen LogP contribution in [0.3, 0.4) is 0 Å². The van der Waals surface area contributed by atoms with Crippen LogP contribution in [0.25, 0.3) is 0 Å². The third-order valence-electron chi connectivity index (χ3n) is 5.33. The van der Waals surface area contributed by atoms with Crippen molar-refractivity contribution in [2.75, 3.05) is 45.9 Å². The van der Waals surface area contributed by atoms with Crippen molar-refractivity contribution >= 4 is 11.8 Å². The van der Waals surface area contributed by atoms with Crippen molar-refractivity contribution < 1.29 is 14.3 Å². The number of nitrogens with one attached hydrogen (secondary N) is 1. The van der Waals surface area contributed by atoms with E-state index in [4.69, 9.17) is 4.74 Å². The Hall–Kier alpha value is -1.14. The van der Waals surface area contributed by atoms with Gasteiger partial charge >= 0.3 is 0 Å². The molecule has 3 heterocycles. The number of hydrogen-bond acceptors (Lipinski definition) is 4. The number of amides is 2. The van der Waals surface area contributed by atoms with Crippen LogP contribution in [0.15, 0.2) is 0 Å². The molecule has 0 bridgehead atoms. The van der Waals surface area contributed by atoms with Crippen LogP contribution < -0.4 is 5.32 Å². The molecule has 130 valence electrons. The first-order chi connectivity index (χ1) is 11.0. The Balaban J connectivity index is 1.54. The van der Waals surface area contributed by atoms with E-state index in [0.717, 1.165) is 45.6 Å². The molecule has 0 aromatic carbocycles. The lowest BCUT2D eigenvalue weighted by Crippen LogP contribution is -2.52. The van der Waals surface area contributed by atoms with Crippen molar-refractivity contribution in [3.05, 3.63) is 0 Å². The van der Waals surface area contributed by atoms with E-state index < -0.39 is 0 Å². The van der Waals surface area contributed by atoms with Crippen molar-refractivity contribution in [3.8, 4) is 0 Å². The van der Waals surface area contributed by atoms with E-state index in [9.17, 15) is 9.59 Å². The molecule has 1 atom stereocenters. The fraction of sp³-hybridized carbons (Fsp3) is 0.882. The van der Waals surface area contributed by atoms with Crippen LogP contribution in [0.5, 0.6) is 0 Å². The highest BCUT2D eigenvalue weighted by molar-refractivity contribution is 5.82. The fourth-order valence-electron chi connectivity index (χ4n) is 4.05. The summed E-state index contributed by atoms with van der Waals surface area (Å²) >= 11 is 0. The highest BCUT2D eigenvalue weighted by Gasteiger charge is 2.45. The predicted molar refractivity (Wildman–Crippen MR) is 86.9 cm³/mol. The number of nitrogens with zero attached hydrogens (tertiary/aromatic N) is 2. The normalized spacial score (nSPS) is 28.0. The first-order valence-corrected chi connectivity index (χ1v) is 8.88. The quantitative estimate of drug-likeness (QED) is 0.820. The van der Waals surface area contributed by atoms with Gasteiger partial charge in [-0.1, -0.05) is 13.8 Å². The van der Waals surface area contributed by atoms with Crippen LogP contribution in [0.2, 0.25) is 0 Å². The third-order valence-corrected chi connectivity index (χ3v) is 5.33. The van der Waals surface area contributed by atoms with E-state index in [0.29, 0.717) is 31.4 Å². The van der Waals surface area contributed by atoms with E-state index in [2.05, 4.69) is 19.2 Å². The number of carbonyl (C=O) groups excluding carboxylic acids is 2. The standard InChI is InChI=1S/C17H29N3O3/c1-13(2)11-20-12-17(9-15(20)21)3-6-19(7-4-17)16(22)14-10-18-5-8-23-14/h13-14,18H,3-12H2,1-2H3/t14-/m1/s1. The van der Waals surface area contributed by atoms with Crippen molar-refractivity contribution in [3.63, 3.8) is 0 Å². The number of carbonyl (C=O) groups is 2. The summed E-state index contributed by atoms with van der Waals surface area (Å²) in [6.45, 7) is 9.56. The second-order valence-corrected chi connectivity index (χ2v) is 7.73. The van der Waals surface area contributed by atoms with Crippen LogP contribution in [0, 0.1) is 11.3 Å². The Bertz CT molecular complexity index is 452. The zero-order valence-electron chi connectivity index (χ0n) is 14.3. The van der Waals surface area contributed by atoms with Gasteiger partial charge in [-0.15, -0.1) is 0 Å². The molecule has 0 radical (unpaired) electrons. The van der Waals surface area contributed by atoms with Crippen molar-refractivity contribution in [2.24, 2.45) is 11.3 Å². The van der Waals surface area contributed by atoms with Gasteiger partial charge in [0.25, 0.3) is 5.91 Å². The molecule has 1 spiro atoms. The lowest BCUT2D eigenvalue weighted by Gasteiger charge is -2.40. The summed E-state index contributed by atoms with van der Waals surface area (Å²) in [6.07, 6.45) is 2.18. The Morgan fingerprint density at radius 2 is 2.13 bits per heavy atom. The Morgan fingerprint density at radius 1 is 1.39 bits per heavy atom. The maximum absolute atomic E-state index is 12.5. The average Bonchev–Trinajstić information content (AvgIpc) is 2.83. The van der Waals surface area contributed by atoms with Crippen molar-refractivity contribution in [1.29, 1.82) is 0 Å². The number of ether oxygens (including phenoxy) is 1. The van der Waals surface area contributed by atoms with Crippen LogP contribution in [0.1, 0.15) is 33.1 Å². The summed E-state index contributed by atoms with van der Waals surface area (Å²) in [7, 11) is 0. The molecule has 0 aromatic rings. The molecule has 3 aliphatic rings. The summed E-state index contributed by atoms with van der Waals surface area (Å²) < 4.78 is 5.57. The van der Waals surface area contributed by atoms with Gasteiger partial charge in [0.05, 0.1) is 6.61 Å². The number of morpholine rings is 1. The predicted octanol–water partition coefficient (Wildman–Crippen LogP) is 0.472. The molecular weight excluding hydrogens is 294 g/mol. The molecule has 6 nitrogen and oxygen atoms in total. The van der Waals surface area contributed by atoms with Crippen LogP contribution in [0.4, 0.5) is 0 Å². The third kappa shape index (κ3) is 3.69. The number of piperidine rings is 1. The monoisotopic (exact) mass is 323 g/mol. The summed E-state index contributed by atoms with van der Waals surface area (Å²) in [4.78, 5) is 28.7. The minimum absolute atomic E-state index is 0.0917. The van der Waals surface area contributed by atoms with Crippen LogP contribution in [-0.4, -0.2) is 73.6 Å². The van der Waals surface area contributed by atoms with Crippen molar-refractivity contribution in [1.82, 2.24) is 15.1 Å². The summed E-state index contributed by atoms with van der Waals surface area (Å²) in [5.74, 6) is 0.903. The van der Waals surface area contributed by atoms with Gasteiger partial charge in [-0.25, -0.2) is 0 Å². The van der Waals surface area contributed by atoms with Gasteiger partial charge < -0.3 is 19.9 Å². The lowest BCUT2D eigenvalue weighted by atomic mass is 9.77.